The molecule has 0 radical (unpaired) electrons. The standard InChI is InChI=1S/C15H23NO5S/c1-10(17)14(2,3)9-15(4,5)22-8-13(20)21-16-11(18)6-7-12(16)19/h6-9H2,1-5H3. The van der Waals surface area contributed by atoms with E-state index < -0.39 is 23.2 Å². The van der Waals surface area contributed by atoms with Crippen molar-refractivity contribution in [1.29, 1.82) is 0 Å². The van der Waals surface area contributed by atoms with E-state index in [2.05, 4.69) is 0 Å². The van der Waals surface area contributed by atoms with Gasteiger partial charge in [-0.1, -0.05) is 27.7 Å². The molecule has 1 heterocycles. The third-order valence-corrected chi connectivity index (χ3v) is 4.91. The summed E-state index contributed by atoms with van der Waals surface area (Å²) in [6, 6.07) is 0. The zero-order valence-corrected chi connectivity index (χ0v) is 14.5. The van der Waals surface area contributed by atoms with Gasteiger partial charge in [0.2, 0.25) is 0 Å². The molecule has 0 bridgehead atoms. The smallest absolute Gasteiger partial charge is 0.329 e. The van der Waals surface area contributed by atoms with Crippen LogP contribution in [0.4, 0.5) is 0 Å². The van der Waals surface area contributed by atoms with Gasteiger partial charge >= 0.3 is 5.97 Å². The minimum atomic E-state index is -0.637. The van der Waals surface area contributed by atoms with Crippen LogP contribution in [0.25, 0.3) is 0 Å². The summed E-state index contributed by atoms with van der Waals surface area (Å²) in [6.07, 6.45) is 0.768. The summed E-state index contributed by atoms with van der Waals surface area (Å²) in [7, 11) is 0. The molecule has 0 aromatic rings. The Morgan fingerprint density at radius 2 is 1.64 bits per heavy atom. The predicted octanol–water partition coefficient (Wildman–Crippen LogP) is 2.11. The molecule has 0 saturated carbocycles. The summed E-state index contributed by atoms with van der Waals surface area (Å²) >= 11 is 1.34. The topological polar surface area (TPSA) is 80.8 Å². The van der Waals surface area contributed by atoms with E-state index in [1.54, 1.807) is 6.92 Å². The minimum absolute atomic E-state index is 0.0119. The zero-order chi connectivity index (χ0) is 17.1. The Morgan fingerprint density at radius 3 is 2.09 bits per heavy atom. The summed E-state index contributed by atoms with van der Waals surface area (Å²) in [4.78, 5) is 50.9. The molecule has 1 aliphatic heterocycles. The van der Waals surface area contributed by atoms with Gasteiger partial charge in [-0.15, -0.1) is 16.8 Å². The number of carbonyl (C=O) groups excluding carboxylic acids is 4. The van der Waals surface area contributed by atoms with Gasteiger partial charge in [-0.2, -0.15) is 0 Å². The second-order valence-electron chi connectivity index (χ2n) is 6.71. The first-order valence-electron chi connectivity index (χ1n) is 7.16. The largest absolute Gasteiger partial charge is 0.343 e. The van der Waals surface area contributed by atoms with Crippen molar-refractivity contribution < 1.29 is 24.0 Å². The number of rotatable bonds is 7. The molecule has 124 valence electrons. The second-order valence-corrected chi connectivity index (χ2v) is 8.39. The van der Waals surface area contributed by atoms with Gasteiger partial charge in [-0.3, -0.25) is 14.4 Å². The van der Waals surface area contributed by atoms with Crippen LogP contribution in [-0.2, 0) is 24.0 Å². The third-order valence-electron chi connectivity index (χ3n) is 3.60. The molecule has 7 heteroatoms. The van der Waals surface area contributed by atoms with Crippen molar-refractivity contribution in [2.75, 3.05) is 5.75 Å². The number of ketones is 1. The zero-order valence-electron chi connectivity index (χ0n) is 13.7. The number of hydroxylamine groups is 2. The fraction of sp³-hybridized carbons (Fsp3) is 0.733. The highest BCUT2D eigenvalue weighted by Crippen LogP contribution is 2.37. The number of nitrogens with zero attached hydrogens (tertiary/aromatic N) is 1. The van der Waals surface area contributed by atoms with E-state index in [1.165, 1.54) is 11.8 Å². The summed E-state index contributed by atoms with van der Waals surface area (Å²) < 4.78 is -0.312. The molecule has 6 nitrogen and oxygen atoms in total. The quantitative estimate of drug-likeness (QED) is 0.666. The van der Waals surface area contributed by atoms with E-state index in [0.717, 1.165) is 0 Å². The van der Waals surface area contributed by atoms with Crippen molar-refractivity contribution in [3.8, 4) is 0 Å². The van der Waals surface area contributed by atoms with Crippen molar-refractivity contribution in [1.82, 2.24) is 5.06 Å². The van der Waals surface area contributed by atoms with Gasteiger partial charge in [0, 0.05) is 23.0 Å². The highest BCUT2D eigenvalue weighted by Gasteiger charge is 2.35. The van der Waals surface area contributed by atoms with Crippen molar-refractivity contribution in [3.63, 3.8) is 0 Å². The Morgan fingerprint density at radius 1 is 1.14 bits per heavy atom. The number of amides is 2. The maximum Gasteiger partial charge on any atom is 0.343 e. The minimum Gasteiger partial charge on any atom is -0.329 e. The van der Waals surface area contributed by atoms with Crippen molar-refractivity contribution in [3.05, 3.63) is 0 Å². The molecule has 0 atom stereocenters. The normalized spacial score (nSPS) is 16.1. The van der Waals surface area contributed by atoms with Crippen LogP contribution < -0.4 is 0 Å². The third kappa shape index (κ3) is 5.12. The number of thioether (sulfide) groups is 1. The molecular formula is C15H23NO5S. The first-order valence-corrected chi connectivity index (χ1v) is 8.15. The van der Waals surface area contributed by atoms with Gasteiger partial charge in [-0.05, 0) is 13.3 Å². The molecule has 0 aliphatic carbocycles. The molecule has 2 amide bonds. The average molecular weight is 329 g/mol. The lowest BCUT2D eigenvalue weighted by Gasteiger charge is -2.32. The maximum absolute atomic E-state index is 11.8. The lowest BCUT2D eigenvalue weighted by atomic mass is 9.80. The van der Waals surface area contributed by atoms with Crippen LogP contribution in [0.3, 0.4) is 0 Å². The SMILES string of the molecule is CC(=O)C(C)(C)CC(C)(C)SCC(=O)ON1C(=O)CCC1=O. The fourth-order valence-electron chi connectivity index (χ4n) is 2.28. The van der Waals surface area contributed by atoms with Gasteiger partial charge in [-0.25, -0.2) is 4.79 Å². The molecule has 1 rings (SSSR count). The van der Waals surface area contributed by atoms with E-state index >= 15 is 0 Å². The molecule has 22 heavy (non-hydrogen) atoms. The number of carbonyl (C=O) groups is 4. The van der Waals surface area contributed by atoms with Crippen LogP contribution in [0.15, 0.2) is 0 Å². The first kappa shape index (κ1) is 18.7. The molecule has 0 N–H and O–H groups in total. The number of imide groups is 1. The van der Waals surface area contributed by atoms with Gasteiger partial charge in [0.25, 0.3) is 11.8 Å². The highest BCUT2D eigenvalue weighted by atomic mass is 32.2. The van der Waals surface area contributed by atoms with E-state index in [1.807, 2.05) is 27.7 Å². The molecular weight excluding hydrogens is 306 g/mol. The lowest BCUT2D eigenvalue weighted by Crippen LogP contribution is -2.34. The van der Waals surface area contributed by atoms with Gasteiger partial charge in [0.1, 0.15) is 5.78 Å². The van der Waals surface area contributed by atoms with E-state index in [4.69, 9.17) is 4.84 Å². The lowest BCUT2D eigenvalue weighted by molar-refractivity contribution is -0.195. The molecule has 1 fully saturated rings. The Bertz CT molecular complexity index is 482. The summed E-state index contributed by atoms with van der Waals surface area (Å²) in [5.41, 5.74) is -0.471. The molecule has 0 unspecified atom stereocenters. The fourth-order valence-corrected chi connectivity index (χ4v) is 3.30. The van der Waals surface area contributed by atoms with E-state index in [9.17, 15) is 19.2 Å². The number of hydrogen-bond acceptors (Lipinski definition) is 6. The van der Waals surface area contributed by atoms with Gasteiger partial charge < -0.3 is 4.84 Å². The maximum atomic E-state index is 11.8. The van der Waals surface area contributed by atoms with Crippen LogP contribution in [0.5, 0.6) is 0 Å². The average Bonchev–Trinajstić information content (AvgIpc) is 2.67. The van der Waals surface area contributed by atoms with E-state index in [-0.39, 0.29) is 29.1 Å². The Balaban J connectivity index is 2.50. The molecule has 0 aromatic carbocycles. The number of Topliss-reactive ketones (excluding diaryl/α,β-unsaturated/α-hetero) is 1. The molecule has 0 aromatic heterocycles. The van der Waals surface area contributed by atoms with Crippen LogP contribution in [-0.4, -0.2) is 39.1 Å². The van der Waals surface area contributed by atoms with Gasteiger partial charge in [0.15, 0.2) is 0 Å². The molecule has 0 spiro atoms. The van der Waals surface area contributed by atoms with Crippen LogP contribution in [0.1, 0.15) is 53.9 Å². The highest BCUT2D eigenvalue weighted by molar-refractivity contribution is 8.01. The van der Waals surface area contributed by atoms with Crippen molar-refractivity contribution >= 4 is 35.3 Å². The predicted molar refractivity (Wildman–Crippen MR) is 82.8 cm³/mol. The summed E-state index contributed by atoms with van der Waals surface area (Å²) in [5.74, 6) is -1.50. The van der Waals surface area contributed by atoms with Crippen LogP contribution in [0.2, 0.25) is 0 Å². The first-order chi connectivity index (χ1) is 9.94. The Kier molecular flexibility index (Phi) is 5.78. The van der Waals surface area contributed by atoms with Crippen molar-refractivity contribution in [2.45, 2.75) is 58.6 Å². The summed E-state index contributed by atoms with van der Waals surface area (Å²) in [5, 5.41) is 0.551. The Labute approximate surface area is 134 Å². The molecule has 1 aliphatic rings. The number of hydrogen-bond donors (Lipinski definition) is 0. The van der Waals surface area contributed by atoms with Gasteiger partial charge in [0.05, 0.1) is 5.75 Å². The Hall–Kier alpha value is -1.37. The van der Waals surface area contributed by atoms with E-state index in [0.29, 0.717) is 11.5 Å². The summed E-state index contributed by atoms with van der Waals surface area (Å²) in [6.45, 7) is 9.19. The van der Waals surface area contributed by atoms with Crippen molar-refractivity contribution in [2.24, 2.45) is 5.41 Å². The monoisotopic (exact) mass is 329 g/mol. The second kappa shape index (κ2) is 6.81. The van der Waals surface area contributed by atoms with Crippen LogP contribution in [0, 0.1) is 5.41 Å². The van der Waals surface area contributed by atoms with Crippen LogP contribution >= 0.6 is 11.8 Å². The molecule has 1 saturated heterocycles.